The second-order valence-electron chi connectivity index (χ2n) is 3.03. The third-order valence-electron chi connectivity index (χ3n) is 1.92. The molecule has 0 unspecified atom stereocenters. The molecule has 0 amide bonds. The van der Waals surface area contributed by atoms with Gasteiger partial charge in [-0.15, -0.1) is 0 Å². The van der Waals surface area contributed by atoms with E-state index in [4.69, 9.17) is 0 Å². The van der Waals surface area contributed by atoms with Crippen molar-refractivity contribution in [2.45, 2.75) is 12.8 Å². The first-order valence-corrected chi connectivity index (χ1v) is 4.53. The van der Waals surface area contributed by atoms with Crippen LogP contribution in [0.1, 0.15) is 11.1 Å². The van der Waals surface area contributed by atoms with E-state index in [2.05, 4.69) is 35.7 Å². The van der Waals surface area contributed by atoms with Crippen LogP contribution >= 0.6 is 0 Å². The lowest BCUT2D eigenvalue weighted by Crippen LogP contribution is -2.51. The molecule has 0 saturated heterocycles. The largest absolute Gasteiger partial charge is 0.357 e. The maximum atomic E-state index is 3.84. The zero-order chi connectivity index (χ0) is 8.81. The van der Waals surface area contributed by atoms with Crippen molar-refractivity contribution in [2.75, 3.05) is 13.1 Å². The molecule has 0 aromatic heterocycles. The van der Waals surface area contributed by atoms with E-state index < -0.39 is 0 Å². The van der Waals surface area contributed by atoms with Crippen molar-refractivity contribution in [3.05, 3.63) is 35.4 Å². The predicted octanol–water partition coefficient (Wildman–Crippen LogP) is -0.745. The molecular weight excluding hydrogens is 148 g/mol. The lowest BCUT2D eigenvalue weighted by atomic mass is 10.1. The van der Waals surface area contributed by atoms with Crippen LogP contribution in [0, 0.1) is 0 Å². The summed E-state index contributed by atoms with van der Waals surface area (Å²) in [6.07, 6.45) is 2.18. The first kappa shape index (κ1) is 9.23. The maximum absolute atomic E-state index is 3.84. The highest BCUT2D eigenvalue weighted by atomic mass is 14.5. The van der Waals surface area contributed by atoms with Gasteiger partial charge in [0, 0.05) is 12.8 Å². The molecule has 66 valence electrons. The topological polar surface area (TPSA) is 55.3 Å². The quantitative estimate of drug-likeness (QED) is 0.592. The molecule has 0 atom stereocenters. The van der Waals surface area contributed by atoms with E-state index in [9.17, 15) is 0 Å². The van der Waals surface area contributed by atoms with Crippen LogP contribution < -0.4 is 11.5 Å². The molecule has 0 spiro atoms. The van der Waals surface area contributed by atoms with E-state index in [1.807, 2.05) is 0 Å². The van der Waals surface area contributed by atoms with Crippen molar-refractivity contribution in [1.29, 1.82) is 0 Å². The van der Waals surface area contributed by atoms with Gasteiger partial charge in [-0.1, -0.05) is 24.3 Å². The van der Waals surface area contributed by atoms with Crippen molar-refractivity contribution >= 4 is 0 Å². The van der Waals surface area contributed by atoms with Crippen LogP contribution in [0.15, 0.2) is 24.3 Å². The van der Waals surface area contributed by atoms with Gasteiger partial charge in [-0.05, 0) is 11.1 Å². The van der Waals surface area contributed by atoms with Crippen molar-refractivity contribution in [1.82, 2.24) is 0 Å². The summed E-state index contributed by atoms with van der Waals surface area (Å²) in [5, 5.41) is 0. The smallest absolute Gasteiger partial charge is 0.0780 e. The SMILES string of the molecule is [NH3+]CCc1cccc(CC[NH3+])c1. The summed E-state index contributed by atoms with van der Waals surface area (Å²) in [5.74, 6) is 0. The lowest BCUT2D eigenvalue weighted by molar-refractivity contribution is -0.366. The summed E-state index contributed by atoms with van der Waals surface area (Å²) in [7, 11) is 0. The summed E-state index contributed by atoms with van der Waals surface area (Å²) < 4.78 is 0. The van der Waals surface area contributed by atoms with Gasteiger partial charge >= 0.3 is 0 Å². The van der Waals surface area contributed by atoms with Gasteiger partial charge in [0.25, 0.3) is 0 Å². The number of rotatable bonds is 4. The summed E-state index contributed by atoms with van der Waals surface area (Å²) in [4.78, 5) is 0. The molecule has 0 heterocycles. The molecule has 12 heavy (non-hydrogen) atoms. The van der Waals surface area contributed by atoms with Crippen LogP contribution in [-0.4, -0.2) is 13.1 Å². The first-order valence-electron chi connectivity index (χ1n) is 4.53. The molecule has 0 aliphatic rings. The molecule has 1 aromatic carbocycles. The van der Waals surface area contributed by atoms with Crippen LogP contribution in [0.25, 0.3) is 0 Å². The number of hydrogen-bond donors (Lipinski definition) is 2. The minimum atomic E-state index is 0.980. The predicted molar refractivity (Wildman–Crippen MR) is 49.4 cm³/mol. The summed E-state index contributed by atoms with van der Waals surface area (Å²) in [6.45, 7) is 1.96. The Morgan fingerprint density at radius 2 is 1.42 bits per heavy atom. The summed E-state index contributed by atoms with van der Waals surface area (Å²) in [5.41, 5.74) is 10.5. The highest BCUT2D eigenvalue weighted by Crippen LogP contribution is 2.05. The van der Waals surface area contributed by atoms with Gasteiger partial charge in [0.05, 0.1) is 13.1 Å². The molecular formula is C10H18N2+2. The van der Waals surface area contributed by atoms with Crippen molar-refractivity contribution in [3.8, 4) is 0 Å². The van der Waals surface area contributed by atoms with Gasteiger partial charge in [-0.25, -0.2) is 0 Å². The van der Waals surface area contributed by atoms with E-state index in [-0.39, 0.29) is 0 Å². The van der Waals surface area contributed by atoms with Crippen LogP contribution in [0.5, 0.6) is 0 Å². The zero-order valence-corrected chi connectivity index (χ0v) is 7.55. The molecule has 0 radical (unpaired) electrons. The van der Waals surface area contributed by atoms with Crippen molar-refractivity contribution < 1.29 is 11.5 Å². The van der Waals surface area contributed by atoms with E-state index in [1.54, 1.807) is 0 Å². The molecule has 0 aliphatic heterocycles. The Morgan fingerprint density at radius 3 is 1.83 bits per heavy atom. The normalized spacial score (nSPS) is 10.2. The molecule has 1 aromatic rings. The Labute approximate surface area is 73.6 Å². The maximum Gasteiger partial charge on any atom is 0.0780 e. The summed E-state index contributed by atoms with van der Waals surface area (Å²) >= 11 is 0. The summed E-state index contributed by atoms with van der Waals surface area (Å²) in [6, 6.07) is 8.71. The minimum absolute atomic E-state index is 0.980. The Bertz CT molecular complexity index is 212. The van der Waals surface area contributed by atoms with Crippen LogP contribution in [0.2, 0.25) is 0 Å². The highest BCUT2D eigenvalue weighted by molar-refractivity contribution is 5.23. The molecule has 0 fully saturated rings. The average Bonchev–Trinajstić information content (AvgIpc) is 2.06. The molecule has 1 rings (SSSR count). The van der Waals surface area contributed by atoms with E-state index in [0.29, 0.717) is 0 Å². The highest BCUT2D eigenvalue weighted by Gasteiger charge is 1.95. The third kappa shape index (κ3) is 2.64. The number of benzene rings is 1. The molecule has 2 nitrogen and oxygen atoms in total. The van der Waals surface area contributed by atoms with Gasteiger partial charge in [-0.2, -0.15) is 0 Å². The number of quaternary nitrogens is 2. The van der Waals surface area contributed by atoms with Gasteiger partial charge in [-0.3, -0.25) is 0 Å². The fourth-order valence-corrected chi connectivity index (χ4v) is 1.35. The molecule has 2 heteroatoms. The molecule has 0 bridgehead atoms. The Kier molecular flexibility index (Phi) is 3.77. The molecule has 0 saturated carbocycles. The van der Waals surface area contributed by atoms with Gasteiger partial charge in [0.2, 0.25) is 0 Å². The second-order valence-corrected chi connectivity index (χ2v) is 3.03. The average molecular weight is 166 g/mol. The van der Waals surface area contributed by atoms with Gasteiger partial charge in [0.1, 0.15) is 0 Å². The van der Waals surface area contributed by atoms with Crippen molar-refractivity contribution in [2.24, 2.45) is 0 Å². The van der Waals surface area contributed by atoms with Crippen LogP contribution in [0.3, 0.4) is 0 Å². The van der Waals surface area contributed by atoms with Gasteiger partial charge in [0.15, 0.2) is 0 Å². The third-order valence-corrected chi connectivity index (χ3v) is 1.92. The standard InChI is InChI=1S/C10H16N2/c11-6-4-9-2-1-3-10(8-9)5-7-12/h1-3,8H,4-7,11-12H2/p+2. The Balaban J connectivity index is 2.67. The molecule has 0 aliphatic carbocycles. The van der Waals surface area contributed by atoms with Crippen molar-refractivity contribution in [3.63, 3.8) is 0 Å². The van der Waals surface area contributed by atoms with E-state index in [0.717, 1.165) is 25.9 Å². The molecule has 6 N–H and O–H groups in total. The monoisotopic (exact) mass is 166 g/mol. The van der Waals surface area contributed by atoms with Crippen LogP contribution in [-0.2, 0) is 12.8 Å². The zero-order valence-electron chi connectivity index (χ0n) is 7.55. The van der Waals surface area contributed by atoms with Gasteiger partial charge < -0.3 is 11.5 Å². The first-order chi connectivity index (χ1) is 5.86. The Hall–Kier alpha value is -0.860. The fraction of sp³-hybridized carbons (Fsp3) is 0.400. The number of hydrogen-bond acceptors (Lipinski definition) is 0. The van der Waals surface area contributed by atoms with E-state index in [1.165, 1.54) is 11.1 Å². The minimum Gasteiger partial charge on any atom is -0.357 e. The van der Waals surface area contributed by atoms with Crippen LogP contribution in [0.4, 0.5) is 0 Å². The fourth-order valence-electron chi connectivity index (χ4n) is 1.35. The Morgan fingerprint density at radius 1 is 0.917 bits per heavy atom. The lowest BCUT2D eigenvalue weighted by Gasteiger charge is -2.00. The second kappa shape index (κ2) is 4.91. The van der Waals surface area contributed by atoms with E-state index >= 15 is 0 Å².